The van der Waals surface area contributed by atoms with Gasteiger partial charge in [0.05, 0.1) is 24.3 Å². The van der Waals surface area contributed by atoms with Gasteiger partial charge in [0.25, 0.3) is 0 Å². The van der Waals surface area contributed by atoms with Crippen molar-refractivity contribution in [1.82, 2.24) is 10.3 Å². The Bertz CT molecular complexity index is 1510. The zero-order chi connectivity index (χ0) is 35.6. The molecule has 0 amide bonds. The fourth-order valence-electron chi connectivity index (χ4n) is 6.18. The third kappa shape index (κ3) is 15.7. The van der Waals surface area contributed by atoms with Gasteiger partial charge < -0.3 is 9.47 Å². The second kappa shape index (κ2) is 24.8. The van der Waals surface area contributed by atoms with Gasteiger partial charge in [0, 0.05) is 11.1 Å². The van der Waals surface area contributed by atoms with Crippen LogP contribution in [0.4, 0.5) is 0 Å². The SMILES string of the molecule is CCCCCCCCCCCCOc1ccc(C#Cc2ccc(C#Cc3ccc(OCCCCCCCCCCCC)cc3)c3nonc23)cc1. The summed E-state index contributed by atoms with van der Waals surface area (Å²) < 4.78 is 17.0. The molecule has 5 heteroatoms. The fraction of sp³-hybridized carbons (Fsp3) is 0.522. The van der Waals surface area contributed by atoms with Crippen molar-refractivity contribution in [2.75, 3.05) is 13.2 Å². The van der Waals surface area contributed by atoms with Crippen molar-refractivity contribution in [3.63, 3.8) is 0 Å². The Hall–Kier alpha value is -4.22. The Morgan fingerprint density at radius 1 is 0.412 bits per heavy atom. The molecule has 0 saturated carbocycles. The maximum absolute atomic E-state index is 5.96. The topological polar surface area (TPSA) is 57.4 Å². The Kier molecular flexibility index (Phi) is 19.3. The first-order valence-corrected chi connectivity index (χ1v) is 20.0. The zero-order valence-corrected chi connectivity index (χ0v) is 31.4. The van der Waals surface area contributed by atoms with Crippen LogP contribution in [0.5, 0.6) is 11.5 Å². The van der Waals surface area contributed by atoms with Crippen molar-refractivity contribution < 1.29 is 14.1 Å². The maximum Gasteiger partial charge on any atom is 0.152 e. The summed E-state index contributed by atoms with van der Waals surface area (Å²) in [5.41, 5.74) is 4.54. The molecule has 5 nitrogen and oxygen atoms in total. The highest BCUT2D eigenvalue weighted by molar-refractivity contribution is 5.86. The van der Waals surface area contributed by atoms with Gasteiger partial charge in [-0.05, 0) is 83.8 Å². The number of benzene rings is 3. The van der Waals surface area contributed by atoms with Crippen LogP contribution >= 0.6 is 0 Å². The molecule has 0 aliphatic heterocycles. The number of unbranched alkanes of at least 4 members (excludes halogenated alkanes) is 18. The van der Waals surface area contributed by atoms with E-state index in [1.54, 1.807) is 0 Å². The highest BCUT2D eigenvalue weighted by Crippen LogP contribution is 2.20. The average Bonchev–Trinajstić information content (AvgIpc) is 3.66. The van der Waals surface area contributed by atoms with Crippen molar-refractivity contribution in [2.24, 2.45) is 0 Å². The number of rotatable bonds is 24. The largest absolute Gasteiger partial charge is 0.494 e. The van der Waals surface area contributed by atoms with Crippen molar-refractivity contribution >= 4 is 11.0 Å². The Labute approximate surface area is 308 Å². The lowest BCUT2D eigenvalue weighted by Crippen LogP contribution is -1.97. The van der Waals surface area contributed by atoms with E-state index < -0.39 is 0 Å². The van der Waals surface area contributed by atoms with Crippen LogP contribution in [0, 0.1) is 23.7 Å². The summed E-state index contributed by atoms with van der Waals surface area (Å²) in [6, 6.07) is 19.8. The monoisotopic (exact) mass is 688 g/mol. The highest BCUT2D eigenvalue weighted by Gasteiger charge is 2.09. The minimum Gasteiger partial charge on any atom is -0.494 e. The van der Waals surface area contributed by atoms with Gasteiger partial charge >= 0.3 is 0 Å². The minimum atomic E-state index is 0.612. The van der Waals surface area contributed by atoms with Gasteiger partial charge in [-0.3, -0.25) is 0 Å². The van der Waals surface area contributed by atoms with Gasteiger partial charge in [0.15, 0.2) is 11.0 Å². The van der Waals surface area contributed by atoms with Gasteiger partial charge in [-0.25, -0.2) is 4.63 Å². The van der Waals surface area contributed by atoms with Crippen LogP contribution in [0.1, 0.15) is 165 Å². The van der Waals surface area contributed by atoms with Crippen molar-refractivity contribution in [1.29, 1.82) is 0 Å². The molecule has 51 heavy (non-hydrogen) atoms. The van der Waals surface area contributed by atoms with Gasteiger partial charge in [-0.2, -0.15) is 0 Å². The summed E-state index contributed by atoms with van der Waals surface area (Å²) in [6.45, 7) is 6.06. The van der Waals surface area contributed by atoms with E-state index in [9.17, 15) is 0 Å². The Morgan fingerprint density at radius 2 is 0.745 bits per heavy atom. The molecule has 0 spiro atoms. The van der Waals surface area contributed by atoms with E-state index in [-0.39, 0.29) is 0 Å². The van der Waals surface area contributed by atoms with Crippen molar-refractivity contribution in [2.45, 2.75) is 142 Å². The van der Waals surface area contributed by atoms with E-state index in [2.05, 4.69) is 47.8 Å². The number of hydrogen-bond acceptors (Lipinski definition) is 5. The van der Waals surface area contributed by atoms with E-state index >= 15 is 0 Å². The normalized spacial score (nSPS) is 10.8. The summed E-state index contributed by atoms with van der Waals surface area (Å²) >= 11 is 0. The summed E-state index contributed by atoms with van der Waals surface area (Å²) in [6.07, 6.45) is 26.5. The molecule has 0 saturated heterocycles. The van der Waals surface area contributed by atoms with Crippen molar-refractivity contribution in [3.05, 3.63) is 82.9 Å². The molecule has 0 radical (unpaired) electrons. The minimum absolute atomic E-state index is 0.612. The van der Waals surface area contributed by atoms with E-state index in [0.717, 1.165) is 59.8 Å². The second-order valence-electron chi connectivity index (χ2n) is 13.7. The molecule has 4 rings (SSSR count). The van der Waals surface area contributed by atoms with Crippen LogP contribution < -0.4 is 9.47 Å². The molecule has 0 aliphatic carbocycles. The number of hydrogen-bond donors (Lipinski definition) is 0. The molecule has 272 valence electrons. The molecule has 0 N–H and O–H groups in total. The first-order valence-electron chi connectivity index (χ1n) is 20.0. The first-order chi connectivity index (χ1) is 25.3. The molecule has 3 aromatic carbocycles. The number of ether oxygens (including phenoxy) is 2. The fourth-order valence-corrected chi connectivity index (χ4v) is 6.18. The molecule has 0 aliphatic rings. The van der Waals surface area contributed by atoms with E-state index in [1.807, 2.05) is 60.7 Å². The molecule has 0 atom stereocenters. The first kappa shape index (κ1) is 39.6. The smallest absolute Gasteiger partial charge is 0.152 e. The quantitative estimate of drug-likeness (QED) is 0.0542. The predicted octanol–water partition coefficient (Wildman–Crippen LogP) is 12.6. The van der Waals surface area contributed by atoms with E-state index in [1.165, 1.54) is 116 Å². The summed E-state index contributed by atoms with van der Waals surface area (Å²) in [4.78, 5) is 0. The lowest BCUT2D eigenvalue weighted by molar-refractivity contribution is 0.304. The summed E-state index contributed by atoms with van der Waals surface area (Å²) in [5.74, 6) is 14.7. The highest BCUT2D eigenvalue weighted by atomic mass is 16.6. The van der Waals surface area contributed by atoms with Gasteiger partial charge in [-0.15, -0.1) is 0 Å². The summed E-state index contributed by atoms with van der Waals surface area (Å²) in [5, 5.41) is 8.26. The van der Waals surface area contributed by atoms with Crippen LogP contribution in [-0.4, -0.2) is 23.5 Å². The lowest BCUT2D eigenvalue weighted by Gasteiger charge is -2.06. The van der Waals surface area contributed by atoms with E-state index in [0.29, 0.717) is 11.0 Å². The third-order valence-corrected chi connectivity index (χ3v) is 9.34. The molecule has 0 unspecified atom stereocenters. The molecule has 4 aromatic rings. The van der Waals surface area contributed by atoms with Crippen LogP contribution in [-0.2, 0) is 0 Å². The van der Waals surface area contributed by atoms with Crippen LogP contribution in [0.25, 0.3) is 11.0 Å². The zero-order valence-electron chi connectivity index (χ0n) is 31.4. The lowest BCUT2D eigenvalue weighted by atomic mass is 10.1. The number of fused-ring (bicyclic) bond motifs is 1. The summed E-state index contributed by atoms with van der Waals surface area (Å²) in [7, 11) is 0. The molecular formula is C46H60N2O3. The van der Waals surface area contributed by atoms with Crippen LogP contribution in [0.2, 0.25) is 0 Å². The molecule has 0 fully saturated rings. The number of aromatic nitrogens is 2. The molecule has 0 bridgehead atoms. The Morgan fingerprint density at radius 3 is 1.10 bits per heavy atom. The van der Waals surface area contributed by atoms with Gasteiger partial charge in [0.1, 0.15) is 11.5 Å². The van der Waals surface area contributed by atoms with Gasteiger partial charge in [-0.1, -0.05) is 153 Å². The Balaban J connectivity index is 1.16. The molecular weight excluding hydrogens is 629 g/mol. The standard InChI is InChI=1S/C46H60N2O3/c1-3-5-7-9-11-13-15-17-19-21-37-49-43-33-25-39(26-34-43)23-29-41-31-32-42(46-45(41)47-51-48-46)30-24-40-27-35-44(36-28-40)50-38-22-20-18-16-14-12-10-8-6-4-2/h25-28,31-36H,3-22,37-38H2,1-2H3. The molecule has 1 aromatic heterocycles. The maximum atomic E-state index is 5.96. The predicted molar refractivity (Wildman–Crippen MR) is 211 cm³/mol. The molecule has 1 heterocycles. The second-order valence-corrected chi connectivity index (χ2v) is 13.7. The number of nitrogens with zero attached hydrogens (tertiary/aromatic N) is 2. The average molecular weight is 689 g/mol. The van der Waals surface area contributed by atoms with Crippen LogP contribution in [0.3, 0.4) is 0 Å². The third-order valence-electron chi connectivity index (χ3n) is 9.34. The van der Waals surface area contributed by atoms with Crippen LogP contribution in [0.15, 0.2) is 65.3 Å². The van der Waals surface area contributed by atoms with Crippen molar-refractivity contribution in [3.8, 4) is 35.2 Å². The van der Waals surface area contributed by atoms with E-state index in [4.69, 9.17) is 14.1 Å². The van der Waals surface area contributed by atoms with Gasteiger partial charge in [0.2, 0.25) is 0 Å².